The van der Waals surface area contributed by atoms with Gasteiger partial charge in [0.2, 0.25) is 6.10 Å². The lowest BCUT2D eigenvalue weighted by Gasteiger charge is -2.24. The molecule has 0 radical (unpaired) electrons. The molecule has 0 aliphatic carbocycles. The maximum absolute atomic E-state index is 12.3. The van der Waals surface area contributed by atoms with E-state index in [1.54, 1.807) is 24.3 Å². The standard InChI is InChI=1S/C21H16O4/c22-21(20-14-23-18-8-4-5-9-19(18)25-20)24-17-12-10-16(11-13-17)15-6-2-1-3-7-15/h1-13,20H,14H2/t20-/m1/s1. The molecule has 0 amide bonds. The molecule has 3 aromatic rings. The van der Waals surface area contributed by atoms with Crippen molar-refractivity contribution in [3.63, 3.8) is 0 Å². The van der Waals surface area contributed by atoms with E-state index in [4.69, 9.17) is 14.2 Å². The average Bonchev–Trinajstić information content (AvgIpc) is 2.69. The lowest BCUT2D eigenvalue weighted by atomic mass is 10.1. The highest BCUT2D eigenvalue weighted by Crippen LogP contribution is 2.31. The minimum Gasteiger partial charge on any atom is -0.485 e. The van der Waals surface area contributed by atoms with Crippen LogP contribution in [-0.2, 0) is 4.79 Å². The Balaban J connectivity index is 1.43. The van der Waals surface area contributed by atoms with Gasteiger partial charge in [0, 0.05) is 0 Å². The summed E-state index contributed by atoms with van der Waals surface area (Å²) < 4.78 is 16.6. The van der Waals surface area contributed by atoms with Gasteiger partial charge in [-0.3, -0.25) is 0 Å². The third-order valence-electron chi connectivity index (χ3n) is 3.95. The summed E-state index contributed by atoms with van der Waals surface area (Å²) >= 11 is 0. The first-order valence-corrected chi connectivity index (χ1v) is 8.05. The second kappa shape index (κ2) is 6.69. The molecule has 4 nitrogen and oxygen atoms in total. The van der Waals surface area contributed by atoms with Crippen LogP contribution in [-0.4, -0.2) is 18.7 Å². The lowest BCUT2D eigenvalue weighted by molar-refractivity contribution is -0.144. The number of esters is 1. The molecule has 0 unspecified atom stereocenters. The first-order valence-electron chi connectivity index (χ1n) is 8.05. The molecule has 25 heavy (non-hydrogen) atoms. The predicted octanol–water partition coefficient (Wildman–Crippen LogP) is 4.10. The number of hydrogen-bond donors (Lipinski definition) is 0. The summed E-state index contributed by atoms with van der Waals surface area (Å²) in [4.78, 5) is 12.3. The van der Waals surface area contributed by atoms with Crippen LogP contribution in [0, 0.1) is 0 Å². The molecule has 3 aromatic carbocycles. The summed E-state index contributed by atoms with van der Waals surface area (Å²) in [5.41, 5.74) is 2.17. The first-order chi connectivity index (χ1) is 12.3. The molecule has 1 heterocycles. The number of fused-ring (bicyclic) bond motifs is 1. The molecule has 124 valence electrons. The quantitative estimate of drug-likeness (QED) is 0.535. The van der Waals surface area contributed by atoms with E-state index in [0.717, 1.165) is 11.1 Å². The molecule has 0 spiro atoms. The van der Waals surface area contributed by atoms with Crippen molar-refractivity contribution < 1.29 is 19.0 Å². The second-order valence-corrected chi connectivity index (χ2v) is 5.68. The van der Waals surface area contributed by atoms with Crippen molar-refractivity contribution in [2.75, 3.05) is 6.61 Å². The summed E-state index contributed by atoms with van der Waals surface area (Å²) in [6, 6.07) is 24.7. The van der Waals surface area contributed by atoms with E-state index in [1.165, 1.54) is 0 Å². The number of carbonyl (C=O) groups is 1. The van der Waals surface area contributed by atoms with Crippen LogP contribution in [0.15, 0.2) is 78.9 Å². The van der Waals surface area contributed by atoms with Crippen molar-refractivity contribution in [1.82, 2.24) is 0 Å². The topological polar surface area (TPSA) is 44.8 Å². The Bertz CT molecular complexity index is 872. The van der Waals surface area contributed by atoms with Gasteiger partial charge < -0.3 is 14.2 Å². The highest BCUT2D eigenvalue weighted by Gasteiger charge is 2.29. The van der Waals surface area contributed by atoms with Gasteiger partial charge in [0.05, 0.1) is 0 Å². The number of para-hydroxylation sites is 2. The fourth-order valence-corrected chi connectivity index (χ4v) is 2.66. The van der Waals surface area contributed by atoms with Crippen LogP contribution in [0.3, 0.4) is 0 Å². The molecule has 1 atom stereocenters. The van der Waals surface area contributed by atoms with Gasteiger partial charge in [0.1, 0.15) is 12.4 Å². The normalized spacial score (nSPS) is 15.4. The summed E-state index contributed by atoms with van der Waals surface area (Å²) in [6.45, 7) is 0.137. The minimum atomic E-state index is -0.774. The summed E-state index contributed by atoms with van der Waals surface area (Å²) in [6.07, 6.45) is -0.774. The Morgan fingerprint density at radius 3 is 2.20 bits per heavy atom. The smallest absolute Gasteiger partial charge is 0.356 e. The van der Waals surface area contributed by atoms with Gasteiger partial charge in [-0.15, -0.1) is 0 Å². The lowest BCUT2D eigenvalue weighted by Crippen LogP contribution is -2.39. The Morgan fingerprint density at radius 2 is 1.44 bits per heavy atom. The molecule has 0 fully saturated rings. The maximum atomic E-state index is 12.3. The van der Waals surface area contributed by atoms with Crippen molar-refractivity contribution in [2.24, 2.45) is 0 Å². The molecular weight excluding hydrogens is 316 g/mol. The Morgan fingerprint density at radius 1 is 0.800 bits per heavy atom. The van der Waals surface area contributed by atoms with Crippen molar-refractivity contribution >= 4 is 5.97 Å². The van der Waals surface area contributed by atoms with Crippen LogP contribution >= 0.6 is 0 Å². The van der Waals surface area contributed by atoms with Crippen LogP contribution in [0.5, 0.6) is 17.2 Å². The van der Waals surface area contributed by atoms with E-state index < -0.39 is 12.1 Å². The zero-order valence-electron chi connectivity index (χ0n) is 13.4. The van der Waals surface area contributed by atoms with E-state index in [2.05, 4.69) is 0 Å². The fraction of sp³-hybridized carbons (Fsp3) is 0.0952. The molecule has 0 saturated heterocycles. The third-order valence-corrected chi connectivity index (χ3v) is 3.95. The van der Waals surface area contributed by atoms with Crippen molar-refractivity contribution in [2.45, 2.75) is 6.10 Å². The molecule has 0 aromatic heterocycles. The molecule has 0 bridgehead atoms. The third kappa shape index (κ3) is 3.33. The molecule has 1 aliphatic heterocycles. The van der Waals surface area contributed by atoms with E-state index in [-0.39, 0.29) is 6.61 Å². The zero-order valence-corrected chi connectivity index (χ0v) is 13.4. The number of benzene rings is 3. The van der Waals surface area contributed by atoms with Gasteiger partial charge in [0.25, 0.3) is 0 Å². The van der Waals surface area contributed by atoms with E-state index in [1.807, 2.05) is 54.6 Å². The summed E-state index contributed by atoms with van der Waals surface area (Å²) in [7, 11) is 0. The number of carbonyl (C=O) groups excluding carboxylic acids is 1. The Hall–Kier alpha value is -3.27. The Labute approximate surface area is 145 Å². The van der Waals surface area contributed by atoms with Crippen LogP contribution in [0.2, 0.25) is 0 Å². The van der Waals surface area contributed by atoms with Gasteiger partial charge in [-0.2, -0.15) is 0 Å². The maximum Gasteiger partial charge on any atom is 0.356 e. The van der Waals surface area contributed by atoms with E-state index >= 15 is 0 Å². The average molecular weight is 332 g/mol. The summed E-state index contributed by atoms with van der Waals surface area (Å²) in [5.74, 6) is 1.20. The van der Waals surface area contributed by atoms with E-state index in [9.17, 15) is 4.79 Å². The van der Waals surface area contributed by atoms with Gasteiger partial charge >= 0.3 is 5.97 Å². The highest BCUT2D eigenvalue weighted by molar-refractivity contribution is 5.78. The molecule has 0 saturated carbocycles. The second-order valence-electron chi connectivity index (χ2n) is 5.68. The molecule has 4 rings (SSSR count). The van der Waals surface area contributed by atoms with Crippen LogP contribution in [0.4, 0.5) is 0 Å². The summed E-state index contributed by atoms with van der Waals surface area (Å²) in [5, 5.41) is 0. The van der Waals surface area contributed by atoms with Crippen LogP contribution in [0.1, 0.15) is 0 Å². The van der Waals surface area contributed by atoms with Crippen molar-refractivity contribution in [1.29, 1.82) is 0 Å². The monoisotopic (exact) mass is 332 g/mol. The minimum absolute atomic E-state index is 0.137. The van der Waals surface area contributed by atoms with Gasteiger partial charge in [-0.25, -0.2) is 4.79 Å². The van der Waals surface area contributed by atoms with Crippen molar-refractivity contribution in [3.8, 4) is 28.4 Å². The number of ether oxygens (including phenoxy) is 3. The molecule has 4 heteroatoms. The highest BCUT2D eigenvalue weighted by atomic mass is 16.6. The van der Waals surface area contributed by atoms with Gasteiger partial charge in [-0.05, 0) is 35.4 Å². The van der Waals surface area contributed by atoms with Crippen molar-refractivity contribution in [3.05, 3.63) is 78.9 Å². The number of rotatable bonds is 3. The van der Waals surface area contributed by atoms with Gasteiger partial charge in [-0.1, -0.05) is 54.6 Å². The Kier molecular flexibility index (Phi) is 4.09. The van der Waals surface area contributed by atoms with Crippen LogP contribution < -0.4 is 14.2 Å². The van der Waals surface area contributed by atoms with Gasteiger partial charge in [0.15, 0.2) is 11.5 Å². The fourth-order valence-electron chi connectivity index (χ4n) is 2.66. The molecule has 1 aliphatic rings. The number of hydrogen-bond acceptors (Lipinski definition) is 4. The zero-order chi connectivity index (χ0) is 17.1. The molecule has 0 N–H and O–H groups in total. The SMILES string of the molecule is O=C(Oc1ccc(-c2ccccc2)cc1)[C@H]1COc2ccccc2O1. The first kappa shape index (κ1) is 15.3. The van der Waals surface area contributed by atoms with Crippen LogP contribution in [0.25, 0.3) is 11.1 Å². The largest absolute Gasteiger partial charge is 0.485 e. The van der Waals surface area contributed by atoms with E-state index in [0.29, 0.717) is 17.2 Å². The predicted molar refractivity (Wildman–Crippen MR) is 93.9 cm³/mol. The molecular formula is C21H16O4.